The van der Waals surface area contributed by atoms with Gasteiger partial charge in [-0.3, -0.25) is 4.72 Å². The summed E-state index contributed by atoms with van der Waals surface area (Å²) < 4.78 is 32.4. The van der Waals surface area contributed by atoms with Crippen LogP contribution in [0.2, 0.25) is 5.02 Å². The van der Waals surface area contributed by atoms with Gasteiger partial charge in [-0.25, -0.2) is 8.42 Å². The number of anilines is 3. The van der Waals surface area contributed by atoms with Gasteiger partial charge < -0.3 is 10.1 Å². The van der Waals surface area contributed by atoms with Gasteiger partial charge in [0.05, 0.1) is 17.8 Å². The van der Waals surface area contributed by atoms with E-state index >= 15 is 0 Å². The Morgan fingerprint density at radius 2 is 1.58 bits per heavy atom. The minimum Gasteiger partial charge on any atom is -0.495 e. The number of methoxy groups -OCH3 is 1. The van der Waals surface area contributed by atoms with Gasteiger partial charge >= 0.3 is 0 Å². The van der Waals surface area contributed by atoms with Crippen molar-refractivity contribution >= 4 is 38.9 Å². The summed E-state index contributed by atoms with van der Waals surface area (Å²) in [6.07, 6.45) is 0. The fourth-order valence-electron chi connectivity index (χ4n) is 2.19. The molecule has 0 spiro atoms. The molecule has 0 fully saturated rings. The highest BCUT2D eigenvalue weighted by Gasteiger charge is 2.18. The third-order valence-corrected chi connectivity index (χ3v) is 5.25. The maximum Gasteiger partial charge on any atom is 0.264 e. The topological polar surface area (TPSA) is 93.2 Å². The summed E-state index contributed by atoms with van der Waals surface area (Å²) in [5, 5.41) is 11.0. The molecule has 0 bridgehead atoms. The Morgan fingerprint density at radius 1 is 0.923 bits per heavy atom. The number of nitrogens with zero attached hydrogens (tertiary/aromatic N) is 2. The largest absolute Gasteiger partial charge is 0.495 e. The van der Waals surface area contributed by atoms with E-state index in [4.69, 9.17) is 16.3 Å². The second kappa shape index (κ2) is 7.59. The molecule has 0 aliphatic heterocycles. The van der Waals surface area contributed by atoms with Gasteiger partial charge in [0.15, 0.2) is 11.6 Å². The second-order valence-corrected chi connectivity index (χ2v) is 7.22. The highest BCUT2D eigenvalue weighted by atomic mass is 35.5. The van der Waals surface area contributed by atoms with Gasteiger partial charge in [-0.2, -0.15) is 0 Å². The molecule has 2 aromatic carbocycles. The van der Waals surface area contributed by atoms with Crippen molar-refractivity contribution in [1.82, 2.24) is 10.2 Å². The number of aromatic nitrogens is 2. The van der Waals surface area contributed by atoms with E-state index in [0.717, 1.165) is 0 Å². The first-order chi connectivity index (χ1) is 12.5. The van der Waals surface area contributed by atoms with E-state index in [1.807, 2.05) is 24.3 Å². The van der Waals surface area contributed by atoms with Crippen LogP contribution in [0.25, 0.3) is 0 Å². The number of sulfonamides is 1. The number of para-hydroxylation sites is 2. The average Bonchev–Trinajstić information content (AvgIpc) is 2.64. The summed E-state index contributed by atoms with van der Waals surface area (Å²) >= 11 is 5.94. The molecule has 7 nitrogen and oxygen atoms in total. The first-order valence-corrected chi connectivity index (χ1v) is 9.37. The zero-order valence-electron chi connectivity index (χ0n) is 13.7. The molecule has 2 N–H and O–H groups in total. The van der Waals surface area contributed by atoms with Crippen molar-refractivity contribution in [2.24, 2.45) is 0 Å². The summed E-state index contributed by atoms with van der Waals surface area (Å²) in [6.45, 7) is 0. The Balaban J connectivity index is 1.77. The van der Waals surface area contributed by atoms with E-state index in [2.05, 4.69) is 20.2 Å². The third kappa shape index (κ3) is 4.04. The lowest BCUT2D eigenvalue weighted by Crippen LogP contribution is -2.14. The average molecular weight is 391 g/mol. The van der Waals surface area contributed by atoms with E-state index in [9.17, 15) is 8.42 Å². The number of halogens is 1. The Hall–Kier alpha value is -2.84. The molecule has 0 amide bonds. The van der Waals surface area contributed by atoms with E-state index in [1.54, 1.807) is 25.3 Å². The van der Waals surface area contributed by atoms with Crippen molar-refractivity contribution in [3.63, 3.8) is 0 Å². The van der Waals surface area contributed by atoms with Gasteiger partial charge in [-0.05, 0) is 36.4 Å². The monoisotopic (exact) mass is 390 g/mol. The molecule has 9 heteroatoms. The standard InChI is InChI=1S/C17H15ClN4O3S/c1-25-14-8-4-3-7-13(14)19-16-10-11-17(21-20-16)22-26(23,24)15-9-5-2-6-12(15)18/h2-11H,1H3,(H,19,20)(H,21,22). The number of hydrogen-bond acceptors (Lipinski definition) is 6. The van der Waals surface area contributed by atoms with Gasteiger partial charge in [-0.15, -0.1) is 10.2 Å². The molecule has 0 saturated carbocycles. The Kier molecular flexibility index (Phi) is 5.24. The minimum atomic E-state index is -3.85. The van der Waals surface area contributed by atoms with Gasteiger partial charge in [0.25, 0.3) is 10.0 Å². The van der Waals surface area contributed by atoms with Crippen molar-refractivity contribution in [1.29, 1.82) is 0 Å². The molecule has 3 aromatic rings. The van der Waals surface area contributed by atoms with Crippen molar-refractivity contribution in [3.05, 3.63) is 65.7 Å². The lowest BCUT2D eigenvalue weighted by Gasteiger charge is -2.11. The number of nitrogens with one attached hydrogen (secondary N) is 2. The van der Waals surface area contributed by atoms with Crippen LogP contribution in [0.1, 0.15) is 0 Å². The van der Waals surface area contributed by atoms with E-state index < -0.39 is 10.0 Å². The van der Waals surface area contributed by atoms with E-state index in [1.165, 1.54) is 18.2 Å². The van der Waals surface area contributed by atoms with Crippen molar-refractivity contribution in [2.45, 2.75) is 4.90 Å². The first kappa shape index (κ1) is 18.0. The Morgan fingerprint density at radius 3 is 2.27 bits per heavy atom. The van der Waals surface area contributed by atoms with Gasteiger partial charge in [0, 0.05) is 0 Å². The molecule has 0 radical (unpaired) electrons. The maximum atomic E-state index is 12.4. The highest BCUT2D eigenvalue weighted by molar-refractivity contribution is 7.92. The number of benzene rings is 2. The highest BCUT2D eigenvalue weighted by Crippen LogP contribution is 2.26. The van der Waals surface area contributed by atoms with Crippen molar-refractivity contribution < 1.29 is 13.2 Å². The minimum absolute atomic E-state index is 0.0281. The maximum absolute atomic E-state index is 12.4. The summed E-state index contributed by atoms with van der Waals surface area (Å²) in [4.78, 5) is -0.0281. The SMILES string of the molecule is COc1ccccc1Nc1ccc(NS(=O)(=O)c2ccccc2Cl)nn1. The molecule has 0 aliphatic carbocycles. The molecule has 26 heavy (non-hydrogen) atoms. The Labute approximate surface area is 156 Å². The van der Waals surface area contributed by atoms with Crippen molar-refractivity contribution in [3.8, 4) is 5.75 Å². The Bertz CT molecular complexity index is 1010. The second-order valence-electron chi connectivity index (χ2n) is 5.17. The molecule has 0 atom stereocenters. The van der Waals surface area contributed by atoms with Crippen LogP contribution in [-0.2, 0) is 10.0 Å². The summed E-state index contributed by atoms with van der Waals surface area (Å²) in [5.74, 6) is 1.17. The molecule has 0 unspecified atom stereocenters. The van der Waals surface area contributed by atoms with Crippen LogP contribution in [0.3, 0.4) is 0 Å². The summed E-state index contributed by atoms with van der Waals surface area (Å²) in [6, 6.07) is 16.6. The van der Waals surface area contributed by atoms with E-state index in [-0.39, 0.29) is 15.7 Å². The normalized spacial score (nSPS) is 11.0. The fraction of sp³-hybridized carbons (Fsp3) is 0.0588. The molecular weight excluding hydrogens is 376 g/mol. The van der Waals surface area contributed by atoms with Gasteiger partial charge in [-0.1, -0.05) is 35.9 Å². The van der Waals surface area contributed by atoms with E-state index in [0.29, 0.717) is 17.3 Å². The molecule has 0 aliphatic rings. The molecule has 0 saturated heterocycles. The third-order valence-electron chi connectivity index (χ3n) is 3.40. The molecule has 134 valence electrons. The zero-order valence-corrected chi connectivity index (χ0v) is 15.3. The number of ether oxygens (including phenoxy) is 1. The predicted molar refractivity (Wildman–Crippen MR) is 101 cm³/mol. The van der Waals surface area contributed by atoms with Crippen LogP contribution in [0.5, 0.6) is 5.75 Å². The van der Waals surface area contributed by atoms with Crippen LogP contribution in [0, 0.1) is 0 Å². The lowest BCUT2D eigenvalue weighted by molar-refractivity contribution is 0.417. The summed E-state index contributed by atoms with van der Waals surface area (Å²) in [5.41, 5.74) is 0.716. The van der Waals surface area contributed by atoms with Crippen LogP contribution in [0.15, 0.2) is 65.6 Å². The van der Waals surface area contributed by atoms with Gasteiger partial charge in [0.2, 0.25) is 0 Å². The summed E-state index contributed by atoms with van der Waals surface area (Å²) in [7, 11) is -2.28. The van der Waals surface area contributed by atoms with Crippen LogP contribution >= 0.6 is 11.6 Å². The van der Waals surface area contributed by atoms with Crippen molar-refractivity contribution in [2.75, 3.05) is 17.1 Å². The quantitative estimate of drug-likeness (QED) is 0.666. The zero-order chi connectivity index (χ0) is 18.6. The first-order valence-electron chi connectivity index (χ1n) is 7.51. The molecule has 1 aromatic heterocycles. The van der Waals surface area contributed by atoms with Crippen LogP contribution in [0.4, 0.5) is 17.3 Å². The molecular formula is C17H15ClN4O3S. The lowest BCUT2D eigenvalue weighted by atomic mass is 10.3. The number of rotatable bonds is 6. The molecule has 1 heterocycles. The van der Waals surface area contributed by atoms with Crippen LogP contribution in [-0.4, -0.2) is 25.7 Å². The smallest absolute Gasteiger partial charge is 0.264 e. The molecule has 3 rings (SSSR count). The van der Waals surface area contributed by atoms with Crippen LogP contribution < -0.4 is 14.8 Å². The fourth-order valence-corrected chi connectivity index (χ4v) is 3.71. The van der Waals surface area contributed by atoms with Gasteiger partial charge in [0.1, 0.15) is 10.6 Å². The predicted octanol–water partition coefficient (Wildman–Crippen LogP) is 3.68. The number of hydrogen-bond donors (Lipinski definition) is 2.